The largest absolute Gasteiger partial charge is 0.491 e. The Morgan fingerprint density at radius 2 is 2.06 bits per heavy atom. The van der Waals surface area contributed by atoms with Crippen LogP contribution in [0, 0.1) is 0 Å². The molecular weight excluding hydrogens is 448 g/mol. The molecule has 0 aliphatic carbocycles. The lowest BCUT2D eigenvalue weighted by Gasteiger charge is -2.35. The van der Waals surface area contributed by atoms with E-state index in [1.165, 1.54) is 4.90 Å². The van der Waals surface area contributed by atoms with E-state index in [9.17, 15) is 19.2 Å². The van der Waals surface area contributed by atoms with Crippen LogP contribution in [-0.4, -0.2) is 64.9 Å². The van der Waals surface area contributed by atoms with Gasteiger partial charge in [0.2, 0.25) is 17.7 Å². The molecule has 4 aliphatic heterocycles. The molecule has 9 heteroatoms. The van der Waals surface area contributed by atoms with Crippen LogP contribution in [0.2, 0.25) is 0 Å². The quantitative estimate of drug-likeness (QED) is 0.605. The number of likely N-dealkylation sites (tertiary alicyclic amines) is 1. The molecule has 1 N–H and O–H groups in total. The molecule has 2 saturated heterocycles. The molecule has 1 aromatic rings. The Morgan fingerprint density at radius 1 is 1.17 bits per heavy atom. The minimum atomic E-state index is -0.635. The maximum absolute atomic E-state index is 12.9. The molecule has 9 nitrogen and oxygen atoms in total. The molecule has 0 aromatic heterocycles. The highest BCUT2D eigenvalue weighted by molar-refractivity contribution is 6.05. The number of aliphatic imine (C=N–C) groups is 1. The van der Waals surface area contributed by atoms with Gasteiger partial charge in [0.15, 0.2) is 0 Å². The highest BCUT2D eigenvalue weighted by Crippen LogP contribution is 2.30. The second kappa shape index (κ2) is 10.0. The third-order valence-electron chi connectivity index (χ3n) is 7.20. The lowest BCUT2D eigenvalue weighted by molar-refractivity contribution is -0.137. The molecule has 0 radical (unpaired) electrons. The number of hydrogen-bond donors (Lipinski definition) is 1. The Bertz CT molecular complexity index is 1110. The number of imide groups is 1. The van der Waals surface area contributed by atoms with Crippen molar-refractivity contribution in [1.82, 2.24) is 15.1 Å². The third-order valence-corrected chi connectivity index (χ3v) is 7.20. The number of nitrogens with one attached hydrogen (secondary N) is 1. The third kappa shape index (κ3) is 4.99. The van der Waals surface area contributed by atoms with Crippen LogP contribution in [-0.2, 0) is 20.9 Å². The van der Waals surface area contributed by atoms with Crippen molar-refractivity contribution in [2.75, 3.05) is 13.2 Å². The van der Waals surface area contributed by atoms with E-state index in [-0.39, 0.29) is 30.2 Å². The summed E-state index contributed by atoms with van der Waals surface area (Å²) in [4.78, 5) is 57.3. The van der Waals surface area contributed by atoms with Crippen molar-refractivity contribution in [3.63, 3.8) is 0 Å². The van der Waals surface area contributed by atoms with E-state index in [1.54, 1.807) is 12.1 Å². The molecule has 2 fully saturated rings. The topological polar surface area (TPSA) is 108 Å². The van der Waals surface area contributed by atoms with Gasteiger partial charge in [-0.1, -0.05) is 6.08 Å². The zero-order valence-corrected chi connectivity index (χ0v) is 19.7. The van der Waals surface area contributed by atoms with Crippen molar-refractivity contribution < 1.29 is 23.9 Å². The molecule has 4 heterocycles. The Labute approximate surface area is 204 Å². The second-order valence-electron chi connectivity index (χ2n) is 9.51. The molecule has 5 rings (SSSR count). The zero-order chi connectivity index (χ0) is 24.4. The van der Waals surface area contributed by atoms with Gasteiger partial charge < -0.3 is 14.5 Å². The summed E-state index contributed by atoms with van der Waals surface area (Å²) < 4.78 is 6.10. The van der Waals surface area contributed by atoms with E-state index in [1.807, 2.05) is 17.2 Å². The van der Waals surface area contributed by atoms with Gasteiger partial charge >= 0.3 is 0 Å². The maximum atomic E-state index is 12.9. The van der Waals surface area contributed by atoms with E-state index in [0.29, 0.717) is 43.7 Å². The number of amides is 4. The van der Waals surface area contributed by atoms with Crippen molar-refractivity contribution in [3.05, 3.63) is 41.1 Å². The number of carbonyl (C=O) groups is 4. The summed E-state index contributed by atoms with van der Waals surface area (Å²) >= 11 is 0. The lowest BCUT2D eigenvalue weighted by Crippen LogP contribution is -2.52. The van der Waals surface area contributed by atoms with E-state index >= 15 is 0 Å². The van der Waals surface area contributed by atoms with Crippen molar-refractivity contribution in [2.45, 2.75) is 70.0 Å². The van der Waals surface area contributed by atoms with Gasteiger partial charge in [0.05, 0.1) is 6.04 Å². The number of fused-ring (bicyclic) bond motifs is 1. The molecule has 0 bridgehead atoms. The van der Waals surface area contributed by atoms with Crippen molar-refractivity contribution in [3.8, 4) is 5.75 Å². The zero-order valence-electron chi connectivity index (χ0n) is 19.7. The van der Waals surface area contributed by atoms with E-state index in [4.69, 9.17) is 4.74 Å². The fourth-order valence-corrected chi connectivity index (χ4v) is 5.29. The Hall–Kier alpha value is -3.49. The summed E-state index contributed by atoms with van der Waals surface area (Å²) in [6.45, 7) is 1.45. The Balaban J connectivity index is 1.19. The van der Waals surface area contributed by atoms with Crippen LogP contribution < -0.4 is 10.1 Å². The molecule has 1 aromatic carbocycles. The summed E-state index contributed by atoms with van der Waals surface area (Å²) in [5.74, 6) is -0.139. The standard InChI is InChI=1S/C26H30N4O5/c31-23-10-9-22(25(33)28-23)30-15-17-14-20(7-8-21(17)26(30)34)35-16-19-5-1-2-13-29(19)24(32)11-6-18-4-3-12-27-18/h4,7-8,12,14,19,22H,1-3,5-6,9-11,13,15-16H2,(H,28,31,33)/t19-,22?/m1/s1. The van der Waals surface area contributed by atoms with Gasteiger partial charge in [-0.15, -0.1) is 0 Å². The first kappa shape index (κ1) is 23.3. The summed E-state index contributed by atoms with van der Waals surface area (Å²) in [6.07, 6.45) is 9.43. The normalized spacial score (nSPS) is 23.9. The molecule has 1 unspecified atom stereocenters. The average Bonchev–Trinajstić information content (AvgIpc) is 3.49. The predicted molar refractivity (Wildman–Crippen MR) is 128 cm³/mol. The first-order valence-corrected chi connectivity index (χ1v) is 12.4. The molecule has 184 valence electrons. The Kier molecular flexibility index (Phi) is 6.66. The van der Waals surface area contributed by atoms with E-state index in [0.717, 1.165) is 43.5 Å². The summed E-state index contributed by atoms with van der Waals surface area (Å²) in [5.41, 5.74) is 2.35. The first-order chi connectivity index (χ1) is 17.0. The molecular formula is C26H30N4O5. The number of allylic oxidation sites excluding steroid dienone is 2. The molecule has 4 amide bonds. The van der Waals surface area contributed by atoms with Gasteiger partial charge in [-0.2, -0.15) is 0 Å². The van der Waals surface area contributed by atoms with Crippen molar-refractivity contribution in [2.24, 2.45) is 4.99 Å². The average molecular weight is 479 g/mol. The fourth-order valence-electron chi connectivity index (χ4n) is 5.29. The monoisotopic (exact) mass is 478 g/mol. The second-order valence-corrected chi connectivity index (χ2v) is 9.51. The summed E-state index contributed by atoms with van der Waals surface area (Å²) in [5, 5.41) is 2.32. The number of piperidine rings is 2. The summed E-state index contributed by atoms with van der Waals surface area (Å²) in [6, 6.07) is 4.73. The number of rotatable bonds is 7. The van der Waals surface area contributed by atoms with Gasteiger partial charge in [0.25, 0.3) is 5.91 Å². The molecule has 35 heavy (non-hydrogen) atoms. The van der Waals surface area contributed by atoms with Crippen LogP contribution in [0.15, 0.2) is 35.0 Å². The molecule has 0 spiro atoms. The van der Waals surface area contributed by atoms with Gasteiger partial charge in [-0.25, -0.2) is 0 Å². The van der Waals surface area contributed by atoms with Crippen molar-refractivity contribution >= 4 is 29.8 Å². The first-order valence-electron chi connectivity index (χ1n) is 12.4. The van der Waals surface area contributed by atoms with Crippen LogP contribution >= 0.6 is 0 Å². The van der Waals surface area contributed by atoms with Crippen LogP contribution in [0.4, 0.5) is 0 Å². The minimum absolute atomic E-state index is 0.0205. The molecule has 2 atom stereocenters. The van der Waals surface area contributed by atoms with Crippen molar-refractivity contribution in [1.29, 1.82) is 0 Å². The number of ether oxygens (including phenoxy) is 1. The van der Waals surface area contributed by atoms with Crippen LogP contribution in [0.3, 0.4) is 0 Å². The number of hydrogen-bond acceptors (Lipinski definition) is 6. The molecule has 4 aliphatic rings. The Morgan fingerprint density at radius 3 is 2.86 bits per heavy atom. The lowest BCUT2D eigenvalue weighted by atomic mass is 10.0. The smallest absolute Gasteiger partial charge is 0.255 e. The number of carbonyl (C=O) groups excluding carboxylic acids is 4. The minimum Gasteiger partial charge on any atom is -0.491 e. The predicted octanol–water partition coefficient (Wildman–Crippen LogP) is 2.35. The van der Waals surface area contributed by atoms with Crippen LogP contribution in [0.25, 0.3) is 0 Å². The number of nitrogens with zero attached hydrogens (tertiary/aromatic N) is 3. The fraction of sp³-hybridized carbons (Fsp3) is 0.500. The molecule has 0 saturated carbocycles. The van der Waals surface area contributed by atoms with Crippen LogP contribution in [0.1, 0.15) is 67.3 Å². The van der Waals surface area contributed by atoms with Crippen LogP contribution in [0.5, 0.6) is 5.75 Å². The van der Waals surface area contributed by atoms with Gasteiger partial charge in [-0.3, -0.25) is 29.5 Å². The highest BCUT2D eigenvalue weighted by atomic mass is 16.5. The highest BCUT2D eigenvalue weighted by Gasteiger charge is 2.39. The SMILES string of the molecule is O=C1CCC(N2Cc3cc(OC[C@H]4CCCCN4C(=O)CCC4=CCC=N4)ccc3C2=O)C(=O)N1. The van der Waals surface area contributed by atoms with Gasteiger partial charge in [0, 0.05) is 49.8 Å². The maximum Gasteiger partial charge on any atom is 0.255 e. The number of benzene rings is 1. The van der Waals surface area contributed by atoms with Gasteiger partial charge in [-0.05, 0) is 55.9 Å². The van der Waals surface area contributed by atoms with Gasteiger partial charge in [0.1, 0.15) is 18.4 Å². The van der Waals surface area contributed by atoms with E-state index < -0.39 is 11.9 Å². The van der Waals surface area contributed by atoms with E-state index in [2.05, 4.69) is 16.4 Å². The summed E-state index contributed by atoms with van der Waals surface area (Å²) in [7, 11) is 0.